The second kappa shape index (κ2) is 6.24. The largest absolute Gasteiger partial charge is 0.481 e. The number of carbonyl (C=O) groups is 2. The van der Waals surface area contributed by atoms with Crippen molar-refractivity contribution >= 4 is 11.9 Å². The second-order valence-electron chi connectivity index (χ2n) is 4.13. The van der Waals surface area contributed by atoms with Gasteiger partial charge in [0.05, 0.1) is 12.5 Å². The first-order valence-electron chi connectivity index (χ1n) is 5.47. The topological polar surface area (TPSA) is 83.6 Å². The van der Waals surface area contributed by atoms with E-state index in [2.05, 4.69) is 0 Å². The molecule has 0 saturated carbocycles. The van der Waals surface area contributed by atoms with Crippen LogP contribution in [0.4, 0.5) is 8.78 Å². The van der Waals surface area contributed by atoms with Gasteiger partial charge in [0.1, 0.15) is 11.6 Å². The lowest BCUT2D eigenvalue weighted by atomic mass is 10.1. The molecule has 104 valence electrons. The second-order valence-corrected chi connectivity index (χ2v) is 4.13. The molecule has 0 saturated heterocycles. The molecule has 1 rings (SSSR count). The molecular formula is C12H14F2N2O3. The maximum atomic E-state index is 13.4. The van der Waals surface area contributed by atoms with Gasteiger partial charge in [0.2, 0.25) is 5.91 Å². The third kappa shape index (κ3) is 4.29. The summed E-state index contributed by atoms with van der Waals surface area (Å²) in [6, 6.07) is 1.82. The van der Waals surface area contributed by atoms with E-state index in [1.807, 2.05) is 0 Å². The number of amides is 1. The zero-order chi connectivity index (χ0) is 14.6. The molecule has 0 fully saturated rings. The van der Waals surface area contributed by atoms with Crippen molar-refractivity contribution in [2.45, 2.75) is 19.0 Å². The van der Waals surface area contributed by atoms with Crippen molar-refractivity contribution in [1.82, 2.24) is 4.90 Å². The van der Waals surface area contributed by atoms with Gasteiger partial charge in [0.15, 0.2) is 0 Å². The molecule has 0 radical (unpaired) electrons. The van der Waals surface area contributed by atoms with Gasteiger partial charge in [-0.2, -0.15) is 0 Å². The number of carboxylic acid groups (broad SMARTS) is 1. The predicted octanol–water partition coefficient (Wildman–Crippen LogP) is 0.725. The van der Waals surface area contributed by atoms with E-state index in [-0.39, 0.29) is 12.1 Å². The molecule has 0 heterocycles. The van der Waals surface area contributed by atoms with Gasteiger partial charge in [0.25, 0.3) is 0 Å². The molecule has 0 aliphatic heterocycles. The first-order chi connectivity index (χ1) is 8.81. The Kier molecular flexibility index (Phi) is 4.94. The van der Waals surface area contributed by atoms with E-state index < -0.39 is 36.0 Å². The van der Waals surface area contributed by atoms with Gasteiger partial charge < -0.3 is 15.7 Å². The fourth-order valence-corrected chi connectivity index (χ4v) is 1.54. The molecule has 7 heteroatoms. The zero-order valence-corrected chi connectivity index (χ0v) is 10.3. The minimum atomic E-state index is -1.19. The lowest BCUT2D eigenvalue weighted by molar-refractivity contribution is -0.141. The van der Waals surface area contributed by atoms with Gasteiger partial charge >= 0.3 is 5.97 Å². The zero-order valence-electron chi connectivity index (χ0n) is 10.3. The van der Waals surface area contributed by atoms with E-state index in [0.29, 0.717) is 6.07 Å². The Balaban J connectivity index is 2.70. The molecule has 0 spiro atoms. The van der Waals surface area contributed by atoms with E-state index in [9.17, 15) is 18.4 Å². The number of benzene rings is 1. The highest BCUT2D eigenvalue weighted by atomic mass is 19.1. The molecule has 0 aliphatic rings. The van der Waals surface area contributed by atoms with Crippen LogP contribution in [0, 0.1) is 11.6 Å². The van der Waals surface area contributed by atoms with Crippen molar-refractivity contribution in [2.24, 2.45) is 5.73 Å². The third-order valence-corrected chi connectivity index (χ3v) is 2.51. The molecule has 3 N–H and O–H groups in total. The van der Waals surface area contributed by atoms with Crippen LogP contribution in [-0.2, 0) is 16.1 Å². The van der Waals surface area contributed by atoms with Crippen LogP contribution in [0.5, 0.6) is 0 Å². The molecular weight excluding hydrogens is 258 g/mol. The number of carboxylic acids is 1. The molecule has 5 nitrogen and oxygen atoms in total. The van der Waals surface area contributed by atoms with Gasteiger partial charge in [0, 0.05) is 25.2 Å². The van der Waals surface area contributed by atoms with Crippen molar-refractivity contribution in [2.75, 3.05) is 7.05 Å². The number of likely N-dealkylation sites (N-methyl/N-ethyl adjacent to an activating group) is 1. The lowest BCUT2D eigenvalue weighted by Crippen LogP contribution is -2.42. The van der Waals surface area contributed by atoms with E-state index in [1.165, 1.54) is 13.1 Å². The number of rotatable bonds is 5. The third-order valence-electron chi connectivity index (χ3n) is 2.51. The number of halogens is 2. The number of nitrogens with two attached hydrogens (primary N) is 1. The Morgan fingerprint density at radius 1 is 1.42 bits per heavy atom. The maximum Gasteiger partial charge on any atom is 0.305 e. The van der Waals surface area contributed by atoms with Crippen molar-refractivity contribution in [3.63, 3.8) is 0 Å². The summed E-state index contributed by atoms with van der Waals surface area (Å²) in [5, 5.41) is 8.53. The van der Waals surface area contributed by atoms with E-state index >= 15 is 0 Å². The van der Waals surface area contributed by atoms with Crippen molar-refractivity contribution < 1.29 is 23.5 Å². The summed E-state index contributed by atoms with van der Waals surface area (Å²) < 4.78 is 26.1. The maximum absolute atomic E-state index is 13.4. The number of nitrogens with zero attached hydrogens (tertiary/aromatic N) is 1. The normalized spacial score (nSPS) is 12.0. The predicted molar refractivity (Wildman–Crippen MR) is 63.1 cm³/mol. The van der Waals surface area contributed by atoms with Crippen LogP contribution in [-0.4, -0.2) is 35.0 Å². The van der Waals surface area contributed by atoms with Crippen LogP contribution < -0.4 is 5.73 Å². The Morgan fingerprint density at radius 2 is 2.05 bits per heavy atom. The Morgan fingerprint density at radius 3 is 2.58 bits per heavy atom. The summed E-state index contributed by atoms with van der Waals surface area (Å²) in [5.74, 6) is -3.29. The van der Waals surface area contributed by atoms with Crippen LogP contribution in [0.15, 0.2) is 18.2 Å². The van der Waals surface area contributed by atoms with E-state index in [4.69, 9.17) is 10.8 Å². The molecule has 1 aromatic carbocycles. The number of hydrogen-bond acceptors (Lipinski definition) is 3. The van der Waals surface area contributed by atoms with Gasteiger partial charge in [-0.3, -0.25) is 9.59 Å². The van der Waals surface area contributed by atoms with Crippen LogP contribution in [0.2, 0.25) is 0 Å². The smallest absolute Gasteiger partial charge is 0.305 e. The highest BCUT2D eigenvalue weighted by Crippen LogP contribution is 2.12. The molecule has 1 amide bonds. The van der Waals surface area contributed by atoms with Gasteiger partial charge in [-0.05, 0) is 6.07 Å². The number of aliphatic carboxylic acids is 1. The highest BCUT2D eigenvalue weighted by Gasteiger charge is 2.21. The van der Waals surface area contributed by atoms with Crippen molar-refractivity contribution in [3.05, 3.63) is 35.4 Å². The first-order valence-corrected chi connectivity index (χ1v) is 5.47. The standard InChI is InChI=1S/C12H14F2N2O3/c1-16(12(19)10(15)5-11(17)18)6-7-2-3-8(13)4-9(7)14/h2-4,10H,5-6,15H2,1H3,(H,17,18). The van der Waals surface area contributed by atoms with Crippen LogP contribution in [0.25, 0.3) is 0 Å². The molecule has 0 aliphatic carbocycles. The average Bonchev–Trinajstić information content (AvgIpc) is 2.30. The van der Waals surface area contributed by atoms with Gasteiger partial charge in [-0.25, -0.2) is 8.78 Å². The average molecular weight is 272 g/mol. The molecule has 1 aromatic rings. The summed E-state index contributed by atoms with van der Waals surface area (Å²) >= 11 is 0. The summed E-state index contributed by atoms with van der Waals surface area (Å²) in [6.07, 6.45) is -0.505. The summed E-state index contributed by atoms with van der Waals surface area (Å²) in [7, 11) is 1.37. The molecule has 1 atom stereocenters. The fraction of sp³-hybridized carbons (Fsp3) is 0.333. The van der Waals surface area contributed by atoms with Crippen LogP contribution in [0.1, 0.15) is 12.0 Å². The Hall–Kier alpha value is -2.02. The highest BCUT2D eigenvalue weighted by molar-refractivity contribution is 5.85. The minimum absolute atomic E-state index is 0.113. The van der Waals surface area contributed by atoms with Gasteiger partial charge in [-0.1, -0.05) is 6.07 Å². The monoisotopic (exact) mass is 272 g/mol. The summed E-state index contributed by atoms with van der Waals surface area (Å²) in [5.41, 5.74) is 5.53. The Bertz CT molecular complexity index is 494. The molecule has 19 heavy (non-hydrogen) atoms. The minimum Gasteiger partial charge on any atom is -0.481 e. The fourth-order valence-electron chi connectivity index (χ4n) is 1.54. The first kappa shape index (κ1) is 15.0. The van der Waals surface area contributed by atoms with Crippen molar-refractivity contribution in [3.8, 4) is 0 Å². The lowest BCUT2D eigenvalue weighted by Gasteiger charge is -2.20. The number of hydrogen-bond donors (Lipinski definition) is 2. The van der Waals surface area contributed by atoms with Crippen LogP contribution in [0.3, 0.4) is 0 Å². The molecule has 0 aromatic heterocycles. The SMILES string of the molecule is CN(Cc1ccc(F)cc1F)C(=O)C(N)CC(=O)O. The van der Waals surface area contributed by atoms with E-state index in [0.717, 1.165) is 11.0 Å². The van der Waals surface area contributed by atoms with Gasteiger partial charge in [-0.15, -0.1) is 0 Å². The van der Waals surface area contributed by atoms with Crippen molar-refractivity contribution in [1.29, 1.82) is 0 Å². The summed E-state index contributed by atoms with van der Waals surface area (Å²) in [4.78, 5) is 23.2. The quantitative estimate of drug-likeness (QED) is 0.827. The molecule has 0 bridgehead atoms. The Labute approximate surface area is 108 Å². The van der Waals surface area contributed by atoms with E-state index in [1.54, 1.807) is 0 Å². The summed E-state index contributed by atoms with van der Waals surface area (Å²) in [6.45, 7) is -0.113. The van der Waals surface area contributed by atoms with Crippen LogP contribution >= 0.6 is 0 Å². The molecule has 1 unspecified atom stereocenters. The number of carbonyl (C=O) groups excluding carboxylic acids is 1.